The molecule has 2 heterocycles. The zero-order valence-electron chi connectivity index (χ0n) is 19.9. The summed E-state index contributed by atoms with van der Waals surface area (Å²) in [6.07, 6.45) is 2.57. The van der Waals surface area contributed by atoms with Crippen LogP contribution >= 0.6 is 11.6 Å². The number of rotatable bonds is 6. The Hall–Kier alpha value is -2.88. The van der Waals surface area contributed by atoms with E-state index < -0.39 is 11.4 Å². The second-order valence-electron chi connectivity index (χ2n) is 10.9. The molecule has 4 aliphatic rings. The van der Waals surface area contributed by atoms with Crippen molar-refractivity contribution in [3.63, 3.8) is 0 Å². The van der Waals surface area contributed by atoms with Crippen LogP contribution in [0.15, 0.2) is 22.6 Å². The Morgan fingerprint density at radius 1 is 1.29 bits per heavy atom. The van der Waals surface area contributed by atoms with Crippen LogP contribution in [-0.4, -0.2) is 57.9 Å². The van der Waals surface area contributed by atoms with Crippen LogP contribution in [-0.2, 0) is 14.9 Å². The molecule has 11 heteroatoms. The van der Waals surface area contributed by atoms with Crippen LogP contribution in [0.3, 0.4) is 0 Å². The standard InChI is InChI=1S/C24H28ClFN4O5/c1-22(2,3)35-21(32)30-7-6-14(9-30)19-28-29-20(34-19)23-11-24(12-23,13-23)27-18(31)10-33-15-4-5-16(25)17(26)8-15/h4-5,8,14H,6-7,9-13H2,1-3H3,(H,27,31)/t14-,23?,24?/m1/s1. The van der Waals surface area contributed by atoms with Gasteiger partial charge in [0.15, 0.2) is 6.61 Å². The van der Waals surface area contributed by atoms with Crippen molar-refractivity contribution in [1.29, 1.82) is 0 Å². The van der Waals surface area contributed by atoms with E-state index in [1.807, 2.05) is 20.8 Å². The third-order valence-electron chi connectivity index (χ3n) is 6.78. The summed E-state index contributed by atoms with van der Waals surface area (Å²) in [5.41, 5.74) is -1.04. The van der Waals surface area contributed by atoms with Crippen molar-refractivity contribution in [2.45, 2.75) is 68.9 Å². The van der Waals surface area contributed by atoms with Gasteiger partial charge < -0.3 is 24.1 Å². The maximum Gasteiger partial charge on any atom is 0.410 e. The molecule has 0 unspecified atom stereocenters. The highest BCUT2D eigenvalue weighted by molar-refractivity contribution is 6.30. The number of nitrogens with one attached hydrogen (secondary N) is 1. The minimum atomic E-state index is -0.597. The Bertz CT molecular complexity index is 1140. The maximum absolute atomic E-state index is 13.5. The zero-order chi connectivity index (χ0) is 25.0. The predicted octanol–water partition coefficient (Wildman–Crippen LogP) is 3.96. The Balaban J connectivity index is 1.10. The van der Waals surface area contributed by atoms with E-state index >= 15 is 0 Å². The molecule has 1 N–H and O–H groups in total. The van der Waals surface area contributed by atoms with E-state index in [1.165, 1.54) is 12.1 Å². The molecule has 2 aromatic rings. The Kier molecular flexibility index (Phi) is 5.69. The van der Waals surface area contributed by atoms with E-state index in [0.717, 1.165) is 31.7 Å². The zero-order valence-corrected chi connectivity index (χ0v) is 20.7. The van der Waals surface area contributed by atoms with Gasteiger partial charge in [0, 0.05) is 24.7 Å². The fraction of sp³-hybridized carbons (Fsp3) is 0.583. The third-order valence-corrected chi connectivity index (χ3v) is 7.09. The number of likely N-dealkylation sites (tertiary alicyclic amines) is 1. The lowest BCUT2D eigenvalue weighted by molar-refractivity contribution is -0.143. The van der Waals surface area contributed by atoms with Gasteiger partial charge in [0.2, 0.25) is 11.8 Å². The number of hydrogen-bond donors (Lipinski definition) is 1. The van der Waals surface area contributed by atoms with Crippen molar-refractivity contribution in [2.24, 2.45) is 0 Å². The van der Waals surface area contributed by atoms with Gasteiger partial charge in [-0.25, -0.2) is 9.18 Å². The summed E-state index contributed by atoms with van der Waals surface area (Å²) in [4.78, 5) is 26.3. The van der Waals surface area contributed by atoms with Gasteiger partial charge in [0.1, 0.15) is 17.2 Å². The Labute approximate surface area is 207 Å². The first kappa shape index (κ1) is 23.8. The van der Waals surface area contributed by atoms with Crippen molar-refractivity contribution in [3.8, 4) is 5.75 Å². The number of nitrogens with zero attached hydrogens (tertiary/aromatic N) is 3. The molecule has 0 spiro atoms. The highest BCUT2D eigenvalue weighted by atomic mass is 35.5. The third kappa shape index (κ3) is 4.68. The SMILES string of the molecule is CC(C)(C)OC(=O)N1CC[C@@H](c2nnc(C34CC(NC(=O)COc5ccc(Cl)c(F)c5)(C3)C4)o2)C1. The topological polar surface area (TPSA) is 107 Å². The highest BCUT2D eigenvalue weighted by Crippen LogP contribution is 2.67. The molecule has 35 heavy (non-hydrogen) atoms. The minimum absolute atomic E-state index is 0.00144. The molecule has 1 aromatic carbocycles. The smallest absolute Gasteiger partial charge is 0.410 e. The van der Waals surface area contributed by atoms with Gasteiger partial charge in [-0.05, 0) is 58.6 Å². The van der Waals surface area contributed by atoms with Crippen LogP contribution < -0.4 is 10.1 Å². The van der Waals surface area contributed by atoms with Crippen molar-refractivity contribution < 1.29 is 27.9 Å². The first-order valence-corrected chi connectivity index (χ1v) is 12.0. The second-order valence-corrected chi connectivity index (χ2v) is 11.3. The molecule has 9 nitrogen and oxygen atoms in total. The molecule has 0 radical (unpaired) electrons. The van der Waals surface area contributed by atoms with Crippen LogP contribution in [0.4, 0.5) is 9.18 Å². The maximum atomic E-state index is 13.5. The molecule has 2 amide bonds. The number of benzene rings is 1. The summed E-state index contributed by atoms with van der Waals surface area (Å²) in [5.74, 6) is 0.490. The Morgan fingerprint density at radius 3 is 2.71 bits per heavy atom. The Morgan fingerprint density at radius 2 is 2.03 bits per heavy atom. The lowest BCUT2D eigenvalue weighted by Crippen LogP contribution is -2.77. The van der Waals surface area contributed by atoms with Gasteiger partial charge >= 0.3 is 6.09 Å². The molecule has 1 atom stereocenters. The summed E-state index contributed by atoms with van der Waals surface area (Å²) in [7, 11) is 0. The first-order valence-electron chi connectivity index (χ1n) is 11.7. The number of aromatic nitrogens is 2. The number of hydrogen-bond acceptors (Lipinski definition) is 7. The number of carbonyl (C=O) groups is 2. The lowest BCUT2D eigenvalue weighted by atomic mass is 9.39. The van der Waals surface area contributed by atoms with E-state index in [-0.39, 0.29) is 46.3 Å². The molecule has 1 aromatic heterocycles. The van der Waals surface area contributed by atoms with Gasteiger partial charge in [0.25, 0.3) is 5.91 Å². The molecular formula is C24H28ClFN4O5. The fourth-order valence-electron chi connectivity index (χ4n) is 5.26. The average Bonchev–Trinajstić information content (AvgIpc) is 3.39. The van der Waals surface area contributed by atoms with E-state index in [1.54, 1.807) is 4.90 Å². The number of carbonyl (C=O) groups excluding carboxylic acids is 2. The van der Waals surface area contributed by atoms with E-state index in [4.69, 9.17) is 25.5 Å². The highest BCUT2D eigenvalue weighted by Gasteiger charge is 2.71. The van der Waals surface area contributed by atoms with Crippen molar-refractivity contribution in [1.82, 2.24) is 20.4 Å². The quantitative estimate of drug-likeness (QED) is 0.632. The normalized spacial score (nSPS) is 27.1. The van der Waals surface area contributed by atoms with Crippen LogP contribution in [0.1, 0.15) is 64.2 Å². The van der Waals surface area contributed by atoms with E-state index in [2.05, 4.69) is 15.5 Å². The first-order chi connectivity index (χ1) is 16.5. The van der Waals surface area contributed by atoms with Crippen molar-refractivity contribution >= 4 is 23.6 Å². The van der Waals surface area contributed by atoms with Gasteiger partial charge in [0.05, 0.1) is 16.4 Å². The largest absolute Gasteiger partial charge is 0.484 e. The van der Waals surface area contributed by atoms with E-state index in [9.17, 15) is 14.0 Å². The molecular weight excluding hydrogens is 479 g/mol. The predicted molar refractivity (Wildman–Crippen MR) is 123 cm³/mol. The fourth-order valence-corrected chi connectivity index (χ4v) is 5.38. The number of halogens is 2. The number of amides is 2. The van der Waals surface area contributed by atoms with Crippen molar-refractivity contribution in [3.05, 3.63) is 40.8 Å². The molecule has 1 saturated heterocycles. The number of ether oxygens (including phenoxy) is 2. The summed E-state index contributed by atoms with van der Waals surface area (Å²) in [5, 5.41) is 11.6. The molecule has 2 bridgehead atoms. The van der Waals surface area contributed by atoms with Crippen LogP contribution in [0.2, 0.25) is 5.02 Å². The molecule has 3 aliphatic carbocycles. The van der Waals surface area contributed by atoms with Gasteiger partial charge in [-0.2, -0.15) is 0 Å². The van der Waals surface area contributed by atoms with Crippen LogP contribution in [0.5, 0.6) is 5.75 Å². The summed E-state index contributed by atoms with van der Waals surface area (Å²) in [6, 6.07) is 4.04. The lowest BCUT2D eigenvalue weighted by Gasteiger charge is -2.68. The summed E-state index contributed by atoms with van der Waals surface area (Å²) < 4.78 is 30.4. The van der Waals surface area contributed by atoms with Crippen LogP contribution in [0, 0.1) is 5.82 Å². The summed E-state index contributed by atoms with van der Waals surface area (Å²) in [6.45, 7) is 6.39. The average molecular weight is 507 g/mol. The van der Waals surface area contributed by atoms with Gasteiger partial charge in [-0.1, -0.05) is 11.6 Å². The van der Waals surface area contributed by atoms with Crippen molar-refractivity contribution in [2.75, 3.05) is 19.7 Å². The molecule has 188 valence electrons. The van der Waals surface area contributed by atoms with Gasteiger partial charge in [-0.15, -0.1) is 10.2 Å². The molecule has 1 aliphatic heterocycles. The molecule has 6 rings (SSSR count). The van der Waals surface area contributed by atoms with Crippen LogP contribution in [0.25, 0.3) is 0 Å². The monoisotopic (exact) mass is 506 g/mol. The molecule has 4 fully saturated rings. The minimum Gasteiger partial charge on any atom is -0.484 e. The second kappa shape index (κ2) is 8.36. The van der Waals surface area contributed by atoms with Gasteiger partial charge in [-0.3, -0.25) is 4.79 Å². The van der Waals surface area contributed by atoms with E-state index in [0.29, 0.717) is 24.9 Å². The molecule has 3 saturated carbocycles. The summed E-state index contributed by atoms with van der Waals surface area (Å²) >= 11 is 5.66.